The zero-order valence-electron chi connectivity index (χ0n) is 16.4. The van der Waals surface area contributed by atoms with Crippen LogP contribution in [-0.2, 0) is 14.3 Å². The average Bonchev–Trinajstić information content (AvgIpc) is 3.38. The Balaban J connectivity index is 1.54. The second kappa shape index (κ2) is 8.52. The van der Waals surface area contributed by atoms with Crippen molar-refractivity contribution in [2.24, 2.45) is 17.8 Å². The van der Waals surface area contributed by atoms with E-state index in [2.05, 4.69) is 17.5 Å². The fourth-order valence-corrected chi connectivity index (χ4v) is 4.21. The van der Waals surface area contributed by atoms with Gasteiger partial charge in [-0.05, 0) is 43.7 Å². The topological polar surface area (TPSA) is 64.6 Å². The van der Waals surface area contributed by atoms with Crippen molar-refractivity contribution in [3.63, 3.8) is 0 Å². The van der Waals surface area contributed by atoms with Crippen molar-refractivity contribution < 1.29 is 19.1 Å². The molecule has 4 rings (SSSR count). The van der Waals surface area contributed by atoms with E-state index < -0.39 is 12.0 Å². The molecular formula is C24H25NO4. The van der Waals surface area contributed by atoms with Crippen LogP contribution in [0, 0.1) is 17.8 Å². The highest BCUT2D eigenvalue weighted by Gasteiger charge is 2.42. The fraction of sp³-hybridized carbons (Fsp3) is 0.333. The number of hydrogen-bond donors (Lipinski definition) is 1. The number of para-hydroxylation sites is 2. The first kappa shape index (κ1) is 19.2. The third kappa shape index (κ3) is 4.19. The van der Waals surface area contributed by atoms with Gasteiger partial charge >= 0.3 is 5.97 Å². The van der Waals surface area contributed by atoms with E-state index in [1.165, 1.54) is 0 Å². The van der Waals surface area contributed by atoms with E-state index in [0.717, 1.165) is 12.8 Å². The summed E-state index contributed by atoms with van der Waals surface area (Å²) in [6.45, 7) is 2.37. The Bertz CT molecular complexity index is 908. The molecule has 5 nitrogen and oxygen atoms in total. The number of carbonyl (C=O) groups excluding carboxylic acids is 2. The Morgan fingerprint density at radius 2 is 1.79 bits per heavy atom. The number of nitrogens with one attached hydrogen (secondary N) is 1. The smallest absolute Gasteiger partial charge is 0.310 e. The molecular weight excluding hydrogens is 366 g/mol. The Labute approximate surface area is 170 Å². The van der Waals surface area contributed by atoms with Gasteiger partial charge in [-0.15, -0.1) is 0 Å². The molecule has 4 atom stereocenters. The van der Waals surface area contributed by atoms with Crippen LogP contribution in [0.5, 0.6) is 5.75 Å². The molecule has 1 fully saturated rings. The number of rotatable bonds is 7. The van der Waals surface area contributed by atoms with Crippen LogP contribution in [0.4, 0.5) is 5.69 Å². The maximum absolute atomic E-state index is 13.1. The highest BCUT2D eigenvalue weighted by Crippen LogP contribution is 2.44. The van der Waals surface area contributed by atoms with E-state index >= 15 is 0 Å². The number of carbonyl (C=O) groups is 2. The summed E-state index contributed by atoms with van der Waals surface area (Å²) >= 11 is 0. The van der Waals surface area contributed by atoms with E-state index in [9.17, 15) is 9.59 Å². The highest BCUT2D eigenvalue weighted by molar-refractivity contribution is 5.97. The molecule has 5 heteroatoms. The predicted octanol–water partition coefficient (Wildman–Crippen LogP) is 4.52. The van der Waals surface area contributed by atoms with Gasteiger partial charge in [0.15, 0.2) is 0 Å². The Morgan fingerprint density at radius 3 is 2.48 bits per heavy atom. The second-order valence-corrected chi connectivity index (χ2v) is 7.53. The average molecular weight is 391 g/mol. The van der Waals surface area contributed by atoms with E-state index in [4.69, 9.17) is 9.47 Å². The van der Waals surface area contributed by atoms with Crippen LogP contribution in [0.3, 0.4) is 0 Å². The zero-order chi connectivity index (χ0) is 20.2. The van der Waals surface area contributed by atoms with Crippen LogP contribution in [0.2, 0.25) is 0 Å². The largest absolute Gasteiger partial charge is 0.492 e. The minimum atomic E-state index is -1.01. The minimum absolute atomic E-state index is 0.167. The highest BCUT2D eigenvalue weighted by atomic mass is 16.5. The molecule has 0 aromatic heterocycles. The monoisotopic (exact) mass is 391 g/mol. The number of ether oxygens (including phenoxy) is 2. The summed E-state index contributed by atoms with van der Waals surface area (Å²) in [7, 11) is 0. The van der Waals surface area contributed by atoms with Crippen molar-refractivity contribution in [1.82, 2.24) is 0 Å². The molecule has 2 aromatic carbocycles. The van der Waals surface area contributed by atoms with Gasteiger partial charge in [-0.1, -0.05) is 54.6 Å². The summed E-state index contributed by atoms with van der Waals surface area (Å²) in [6, 6.07) is 16.4. The van der Waals surface area contributed by atoms with Gasteiger partial charge in [0.05, 0.1) is 18.2 Å². The van der Waals surface area contributed by atoms with Gasteiger partial charge in [0.1, 0.15) is 5.75 Å². The van der Waals surface area contributed by atoms with Gasteiger partial charge in [-0.2, -0.15) is 0 Å². The standard InChI is InChI=1S/C24H25NO4/c1-2-28-21-11-7-6-10-20(21)25-23(26)22(17-8-4-3-5-9-17)29-24(27)19-15-16-12-13-18(19)14-16/h3-13,16,18-19,22H,2,14-15H2,1H3,(H,25,26)/t16-,18-,19+,22+/m0/s1. The van der Waals surface area contributed by atoms with Gasteiger partial charge in [-0.3, -0.25) is 9.59 Å². The third-order valence-corrected chi connectivity index (χ3v) is 5.60. The Kier molecular flexibility index (Phi) is 5.65. The summed E-state index contributed by atoms with van der Waals surface area (Å²) in [5.41, 5.74) is 1.20. The lowest BCUT2D eigenvalue weighted by Gasteiger charge is -2.23. The lowest BCUT2D eigenvalue weighted by molar-refractivity contribution is -0.159. The van der Waals surface area contributed by atoms with E-state index in [1.807, 2.05) is 37.3 Å². The van der Waals surface area contributed by atoms with Crippen molar-refractivity contribution >= 4 is 17.6 Å². The van der Waals surface area contributed by atoms with Crippen molar-refractivity contribution in [3.05, 3.63) is 72.3 Å². The normalized spacial score (nSPS) is 22.9. The molecule has 0 saturated heterocycles. The molecule has 1 saturated carbocycles. The quantitative estimate of drug-likeness (QED) is 0.557. The van der Waals surface area contributed by atoms with Gasteiger partial charge in [0.25, 0.3) is 5.91 Å². The first-order chi connectivity index (χ1) is 14.2. The molecule has 29 heavy (non-hydrogen) atoms. The molecule has 1 amide bonds. The number of hydrogen-bond acceptors (Lipinski definition) is 4. The van der Waals surface area contributed by atoms with Gasteiger partial charge < -0.3 is 14.8 Å². The molecule has 0 aliphatic heterocycles. The molecule has 150 valence electrons. The minimum Gasteiger partial charge on any atom is -0.492 e. The molecule has 2 aliphatic rings. The zero-order valence-corrected chi connectivity index (χ0v) is 16.4. The summed E-state index contributed by atoms with van der Waals surface area (Å²) < 4.78 is 11.4. The lowest BCUT2D eigenvalue weighted by Crippen LogP contribution is -2.30. The van der Waals surface area contributed by atoms with Crippen LogP contribution in [0.1, 0.15) is 31.4 Å². The number of amides is 1. The van der Waals surface area contributed by atoms with Gasteiger partial charge in [0.2, 0.25) is 6.10 Å². The van der Waals surface area contributed by atoms with Gasteiger partial charge in [-0.25, -0.2) is 0 Å². The number of fused-ring (bicyclic) bond motifs is 2. The molecule has 2 aliphatic carbocycles. The molecule has 2 bridgehead atoms. The molecule has 0 heterocycles. The number of anilines is 1. The first-order valence-electron chi connectivity index (χ1n) is 10.1. The van der Waals surface area contributed by atoms with Crippen LogP contribution < -0.4 is 10.1 Å². The summed E-state index contributed by atoms with van der Waals surface area (Å²) in [5, 5.41) is 2.87. The number of allylic oxidation sites excluding steroid dienone is 2. The Morgan fingerprint density at radius 1 is 1.03 bits per heavy atom. The van der Waals surface area contributed by atoms with Crippen molar-refractivity contribution in [2.45, 2.75) is 25.9 Å². The molecule has 0 spiro atoms. The van der Waals surface area contributed by atoms with Crippen LogP contribution >= 0.6 is 0 Å². The predicted molar refractivity (Wildman–Crippen MR) is 110 cm³/mol. The van der Waals surface area contributed by atoms with E-state index in [0.29, 0.717) is 29.5 Å². The van der Waals surface area contributed by atoms with Crippen molar-refractivity contribution in [2.75, 3.05) is 11.9 Å². The summed E-state index contributed by atoms with van der Waals surface area (Å²) in [6.07, 6.45) is 5.08. The summed E-state index contributed by atoms with van der Waals surface area (Å²) in [4.78, 5) is 26.0. The van der Waals surface area contributed by atoms with Gasteiger partial charge in [0, 0.05) is 5.56 Å². The van der Waals surface area contributed by atoms with Crippen molar-refractivity contribution in [3.8, 4) is 5.75 Å². The van der Waals surface area contributed by atoms with Crippen LogP contribution in [0.25, 0.3) is 0 Å². The number of benzene rings is 2. The molecule has 2 aromatic rings. The third-order valence-electron chi connectivity index (χ3n) is 5.60. The van der Waals surface area contributed by atoms with E-state index in [1.54, 1.807) is 24.3 Å². The molecule has 1 N–H and O–H groups in total. The SMILES string of the molecule is CCOc1ccccc1NC(=O)[C@H](OC(=O)[C@@H]1C[C@H]2C=C[C@H]1C2)c1ccccc1. The fourth-order valence-electron chi connectivity index (χ4n) is 4.21. The number of esters is 1. The van der Waals surface area contributed by atoms with Crippen LogP contribution in [0.15, 0.2) is 66.7 Å². The second-order valence-electron chi connectivity index (χ2n) is 7.53. The summed E-state index contributed by atoms with van der Waals surface area (Å²) in [5.74, 6) is 0.407. The first-order valence-corrected chi connectivity index (χ1v) is 10.1. The maximum Gasteiger partial charge on any atom is 0.310 e. The molecule has 0 radical (unpaired) electrons. The van der Waals surface area contributed by atoms with Crippen molar-refractivity contribution in [1.29, 1.82) is 0 Å². The molecule has 0 unspecified atom stereocenters. The lowest BCUT2D eigenvalue weighted by atomic mass is 9.93. The Hall–Kier alpha value is -3.08. The van der Waals surface area contributed by atoms with Crippen LogP contribution in [-0.4, -0.2) is 18.5 Å². The van der Waals surface area contributed by atoms with E-state index in [-0.39, 0.29) is 17.8 Å². The maximum atomic E-state index is 13.1.